The molecular formula is C20H27NO2. The topological polar surface area (TPSA) is 49.3 Å². The number of ketones is 1. The highest BCUT2D eigenvalue weighted by molar-refractivity contribution is 5.98. The number of phenolic OH excluding ortho intramolecular Hbond substituents is 1. The third kappa shape index (κ3) is 3.77. The zero-order valence-corrected chi connectivity index (χ0v) is 14.2. The molecule has 3 nitrogen and oxygen atoms in total. The molecule has 2 aliphatic rings. The number of nitrogens with one attached hydrogen (secondary N) is 1. The Hall–Kier alpha value is -1.77. The van der Waals surface area contributed by atoms with Crippen molar-refractivity contribution in [3.05, 3.63) is 35.4 Å². The van der Waals surface area contributed by atoms with E-state index in [1.165, 1.54) is 25.7 Å². The fourth-order valence-corrected chi connectivity index (χ4v) is 3.88. The first kappa shape index (κ1) is 16.1. The molecule has 124 valence electrons. The van der Waals surface area contributed by atoms with Crippen LogP contribution >= 0.6 is 0 Å². The average Bonchev–Trinajstić information content (AvgIpc) is 2.74. The lowest BCUT2D eigenvalue weighted by molar-refractivity contribution is -0.118. The van der Waals surface area contributed by atoms with E-state index in [-0.39, 0.29) is 23.0 Å². The number of hydrogen-bond donors (Lipinski definition) is 2. The number of phenols is 1. The molecule has 23 heavy (non-hydrogen) atoms. The Bertz CT molecular complexity index is 623. The Labute approximate surface area is 138 Å². The molecule has 2 N–H and O–H groups in total. The van der Waals surface area contributed by atoms with Crippen molar-refractivity contribution in [2.24, 2.45) is 5.92 Å². The molecule has 0 atom stereocenters. The lowest BCUT2D eigenvalue weighted by Gasteiger charge is -2.35. The number of carbonyl (C=O) groups excluding carboxylic acids is 1. The molecule has 1 saturated carbocycles. The maximum Gasteiger partial charge on any atom is 0.160 e. The van der Waals surface area contributed by atoms with Crippen LogP contribution in [0.1, 0.15) is 63.5 Å². The van der Waals surface area contributed by atoms with Gasteiger partial charge in [0.1, 0.15) is 5.75 Å². The summed E-state index contributed by atoms with van der Waals surface area (Å²) in [5, 5.41) is 13.3. The van der Waals surface area contributed by atoms with Crippen LogP contribution in [0.3, 0.4) is 0 Å². The quantitative estimate of drug-likeness (QED) is 0.635. The number of carbonyl (C=O) groups is 1. The predicted molar refractivity (Wildman–Crippen MR) is 93.2 cm³/mol. The van der Waals surface area contributed by atoms with Gasteiger partial charge < -0.3 is 10.4 Å². The fourth-order valence-electron chi connectivity index (χ4n) is 3.88. The number of aromatic hydroxyl groups is 1. The molecule has 1 heterocycles. The standard InChI is InChI=1S/C20H27NO2/c1-20(2)13-15-11-16(22)9-10-17(15)18(21-20)12-19(23)14-7-5-3-4-6-8-14/h9-12,14,21-22H,3-8,13H2,1-2H3. The zero-order chi connectivity index (χ0) is 16.4. The first-order valence-electron chi connectivity index (χ1n) is 8.81. The van der Waals surface area contributed by atoms with Gasteiger partial charge in [-0.2, -0.15) is 0 Å². The lowest BCUT2D eigenvalue weighted by atomic mass is 9.84. The normalized spacial score (nSPS) is 23.0. The van der Waals surface area contributed by atoms with Crippen molar-refractivity contribution in [2.75, 3.05) is 0 Å². The molecule has 0 amide bonds. The number of rotatable bonds is 2. The van der Waals surface area contributed by atoms with Crippen LogP contribution in [-0.2, 0) is 11.2 Å². The first-order valence-corrected chi connectivity index (χ1v) is 8.81. The van der Waals surface area contributed by atoms with Crippen molar-refractivity contribution < 1.29 is 9.90 Å². The molecule has 1 aromatic carbocycles. The highest BCUT2D eigenvalue weighted by Gasteiger charge is 2.29. The third-order valence-electron chi connectivity index (χ3n) is 5.03. The molecule has 0 unspecified atom stereocenters. The molecule has 0 spiro atoms. The minimum atomic E-state index is -0.115. The summed E-state index contributed by atoms with van der Waals surface area (Å²) in [5.74, 6) is 0.722. The Balaban J connectivity index is 1.90. The van der Waals surface area contributed by atoms with Crippen molar-refractivity contribution in [2.45, 2.75) is 64.3 Å². The van der Waals surface area contributed by atoms with E-state index in [1.54, 1.807) is 6.07 Å². The molecule has 0 bridgehead atoms. The van der Waals surface area contributed by atoms with Crippen LogP contribution in [0, 0.1) is 5.92 Å². The third-order valence-corrected chi connectivity index (χ3v) is 5.03. The molecular weight excluding hydrogens is 286 g/mol. The highest BCUT2D eigenvalue weighted by atomic mass is 16.3. The van der Waals surface area contributed by atoms with Crippen molar-refractivity contribution in [3.8, 4) is 5.75 Å². The van der Waals surface area contributed by atoms with Gasteiger partial charge in [0, 0.05) is 28.8 Å². The van der Waals surface area contributed by atoms with Gasteiger partial charge >= 0.3 is 0 Å². The van der Waals surface area contributed by atoms with Crippen LogP contribution in [0.2, 0.25) is 0 Å². The van der Waals surface area contributed by atoms with Crippen LogP contribution in [-0.4, -0.2) is 16.4 Å². The van der Waals surface area contributed by atoms with Gasteiger partial charge in [0.05, 0.1) is 0 Å². The van der Waals surface area contributed by atoms with Crippen molar-refractivity contribution in [1.29, 1.82) is 0 Å². The van der Waals surface area contributed by atoms with E-state index in [2.05, 4.69) is 19.2 Å². The van der Waals surface area contributed by atoms with Gasteiger partial charge in [0.25, 0.3) is 0 Å². The number of benzene rings is 1. The largest absolute Gasteiger partial charge is 0.508 e. The molecule has 1 fully saturated rings. The molecule has 3 rings (SSSR count). The van der Waals surface area contributed by atoms with Crippen molar-refractivity contribution in [3.63, 3.8) is 0 Å². The van der Waals surface area contributed by atoms with Crippen LogP contribution in [0.5, 0.6) is 5.75 Å². The van der Waals surface area contributed by atoms with E-state index in [0.717, 1.165) is 36.1 Å². The SMILES string of the molecule is CC1(C)Cc2cc(O)ccc2C(=CC(=O)C2CCCCCC2)N1. The van der Waals surface area contributed by atoms with Crippen molar-refractivity contribution in [1.82, 2.24) is 5.32 Å². The van der Waals surface area contributed by atoms with Gasteiger partial charge in [0.15, 0.2) is 5.78 Å². The number of fused-ring (bicyclic) bond motifs is 1. The molecule has 0 saturated heterocycles. The lowest BCUT2D eigenvalue weighted by Crippen LogP contribution is -2.44. The summed E-state index contributed by atoms with van der Waals surface area (Å²) < 4.78 is 0. The monoisotopic (exact) mass is 313 g/mol. The summed E-state index contributed by atoms with van der Waals surface area (Å²) in [6, 6.07) is 5.43. The summed E-state index contributed by atoms with van der Waals surface area (Å²) in [6.45, 7) is 4.26. The maximum atomic E-state index is 12.7. The predicted octanol–water partition coefficient (Wildman–Crippen LogP) is 4.20. The van der Waals surface area contributed by atoms with Crippen LogP contribution in [0.25, 0.3) is 5.70 Å². The van der Waals surface area contributed by atoms with Gasteiger partial charge in [-0.15, -0.1) is 0 Å². The van der Waals surface area contributed by atoms with Gasteiger partial charge in [-0.25, -0.2) is 0 Å². The second-order valence-corrected chi connectivity index (χ2v) is 7.68. The Morgan fingerprint density at radius 3 is 2.61 bits per heavy atom. The Morgan fingerprint density at radius 2 is 1.91 bits per heavy atom. The van der Waals surface area contributed by atoms with Crippen LogP contribution < -0.4 is 5.32 Å². The van der Waals surface area contributed by atoms with E-state index in [4.69, 9.17) is 0 Å². The minimum Gasteiger partial charge on any atom is -0.508 e. The van der Waals surface area contributed by atoms with Gasteiger partial charge in [-0.05, 0) is 56.9 Å². The van der Waals surface area contributed by atoms with Gasteiger partial charge in [-0.3, -0.25) is 4.79 Å². The molecule has 0 radical (unpaired) electrons. The smallest absolute Gasteiger partial charge is 0.160 e. The van der Waals surface area contributed by atoms with E-state index in [9.17, 15) is 9.90 Å². The number of hydrogen-bond acceptors (Lipinski definition) is 3. The number of allylic oxidation sites excluding steroid dienone is 1. The van der Waals surface area contributed by atoms with Gasteiger partial charge in [-0.1, -0.05) is 25.7 Å². The van der Waals surface area contributed by atoms with E-state index < -0.39 is 0 Å². The molecule has 0 aromatic heterocycles. The van der Waals surface area contributed by atoms with Crippen molar-refractivity contribution >= 4 is 11.5 Å². The highest BCUT2D eigenvalue weighted by Crippen LogP contribution is 2.33. The summed E-state index contributed by atoms with van der Waals surface area (Å²) >= 11 is 0. The Kier molecular flexibility index (Phi) is 4.47. The van der Waals surface area contributed by atoms with E-state index in [1.807, 2.05) is 18.2 Å². The second kappa shape index (κ2) is 6.38. The zero-order valence-electron chi connectivity index (χ0n) is 14.2. The molecule has 3 heteroatoms. The maximum absolute atomic E-state index is 12.7. The molecule has 1 aromatic rings. The first-order chi connectivity index (χ1) is 10.9. The Morgan fingerprint density at radius 1 is 1.22 bits per heavy atom. The van der Waals surface area contributed by atoms with Crippen LogP contribution in [0.15, 0.2) is 24.3 Å². The summed E-state index contributed by atoms with van der Waals surface area (Å²) in [6.07, 6.45) is 9.55. The summed E-state index contributed by atoms with van der Waals surface area (Å²) in [5.41, 5.74) is 2.94. The average molecular weight is 313 g/mol. The minimum absolute atomic E-state index is 0.115. The second-order valence-electron chi connectivity index (χ2n) is 7.68. The molecule has 1 aliphatic heterocycles. The summed E-state index contributed by atoms with van der Waals surface area (Å²) in [4.78, 5) is 12.7. The van der Waals surface area contributed by atoms with E-state index in [0.29, 0.717) is 0 Å². The molecule has 1 aliphatic carbocycles. The fraction of sp³-hybridized carbons (Fsp3) is 0.550. The summed E-state index contributed by atoms with van der Waals surface area (Å²) in [7, 11) is 0. The van der Waals surface area contributed by atoms with Crippen LogP contribution in [0.4, 0.5) is 0 Å². The van der Waals surface area contributed by atoms with E-state index >= 15 is 0 Å². The van der Waals surface area contributed by atoms with Gasteiger partial charge in [0.2, 0.25) is 0 Å².